The van der Waals surface area contributed by atoms with Gasteiger partial charge < -0.3 is 10.0 Å². The van der Waals surface area contributed by atoms with E-state index in [1.165, 1.54) is 0 Å². The number of amides is 1. The Hall–Kier alpha value is -1.10. The van der Waals surface area contributed by atoms with E-state index in [1.807, 2.05) is 4.90 Å². The Balaban J connectivity index is 2.52. The lowest BCUT2D eigenvalue weighted by Crippen LogP contribution is -2.48. The summed E-state index contributed by atoms with van der Waals surface area (Å²) in [6, 6.07) is -0.631. The third kappa shape index (κ3) is 3.98. The van der Waals surface area contributed by atoms with E-state index in [1.54, 1.807) is 18.9 Å². The van der Waals surface area contributed by atoms with Crippen molar-refractivity contribution in [2.75, 3.05) is 26.7 Å². The zero-order valence-corrected chi connectivity index (χ0v) is 11.7. The summed E-state index contributed by atoms with van der Waals surface area (Å²) in [5, 5.41) is 8.89. The Morgan fingerprint density at radius 2 is 1.83 bits per heavy atom. The molecule has 104 valence electrons. The smallest absolute Gasteiger partial charge is 0.320 e. The van der Waals surface area contributed by atoms with Crippen LogP contribution >= 0.6 is 0 Å². The summed E-state index contributed by atoms with van der Waals surface area (Å²) in [4.78, 5) is 26.4. The van der Waals surface area contributed by atoms with E-state index < -0.39 is 12.0 Å². The van der Waals surface area contributed by atoms with E-state index in [4.69, 9.17) is 5.11 Å². The fraction of sp³-hybridized carbons (Fsp3) is 0.846. The predicted molar refractivity (Wildman–Crippen MR) is 69.3 cm³/mol. The minimum atomic E-state index is -0.898. The number of hydrogen-bond donors (Lipinski definition) is 1. The van der Waals surface area contributed by atoms with Crippen LogP contribution in [0.4, 0.5) is 0 Å². The second-order valence-electron chi connectivity index (χ2n) is 5.67. The molecule has 1 amide bonds. The molecule has 0 aromatic rings. The second kappa shape index (κ2) is 6.18. The highest BCUT2D eigenvalue weighted by Gasteiger charge is 2.27. The number of likely N-dealkylation sites (tertiary alicyclic amines) is 1. The van der Waals surface area contributed by atoms with Crippen molar-refractivity contribution < 1.29 is 14.7 Å². The highest BCUT2D eigenvalue weighted by molar-refractivity contribution is 5.80. The molecule has 0 aromatic heterocycles. The normalized spacial score (nSPS) is 26.2. The first-order chi connectivity index (χ1) is 8.31. The molecule has 18 heavy (non-hydrogen) atoms. The third-order valence-corrected chi connectivity index (χ3v) is 3.62. The summed E-state index contributed by atoms with van der Waals surface area (Å²) in [7, 11) is 1.67. The largest absolute Gasteiger partial charge is 0.480 e. The van der Waals surface area contributed by atoms with Gasteiger partial charge in [-0.1, -0.05) is 13.8 Å². The summed E-state index contributed by atoms with van der Waals surface area (Å²) >= 11 is 0. The van der Waals surface area contributed by atoms with Crippen LogP contribution in [0.25, 0.3) is 0 Å². The fourth-order valence-electron chi connectivity index (χ4n) is 2.51. The van der Waals surface area contributed by atoms with Crippen LogP contribution in [0.1, 0.15) is 27.2 Å². The van der Waals surface area contributed by atoms with Gasteiger partial charge >= 0.3 is 5.97 Å². The Labute approximate surface area is 109 Å². The Morgan fingerprint density at radius 3 is 2.28 bits per heavy atom. The number of carbonyl (C=O) groups excluding carboxylic acids is 1. The molecule has 1 aliphatic heterocycles. The van der Waals surface area contributed by atoms with Crippen LogP contribution in [-0.2, 0) is 9.59 Å². The average molecular weight is 256 g/mol. The van der Waals surface area contributed by atoms with Gasteiger partial charge in [-0.3, -0.25) is 14.5 Å². The van der Waals surface area contributed by atoms with E-state index in [-0.39, 0.29) is 12.5 Å². The summed E-state index contributed by atoms with van der Waals surface area (Å²) in [5.74, 6) is 0.189. The molecule has 0 aromatic carbocycles. The number of carbonyl (C=O) groups is 2. The zero-order valence-electron chi connectivity index (χ0n) is 11.7. The van der Waals surface area contributed by atoms with Crippen molar-refractivity contribution in [1.82, 2.24) is 9.80 Å². The van der Waals surface area contributed by atoms with E-state index in [2.05, 4.69) is 13.8 Å². The Kier molecular flexibility index (Phi) is 5.14. The van der Waals surface area contributed by atoms with E-state index in [0.717, 1.165) is 19.5 Å². The van der Waals surface area contributed by atoms with Crippen LogP contribution in [0.15, 0.2) is 0 Å². The fourth-order valence-corrected chi connectivity index (χ4v) is 2.51. The van der Waals surface area contributed by atoms with Gasteiger partial charge in [0.15, 0.2) is 0 Å². The lowest BCUT2D eigenvalue weighted by Gasteiger charge is -2.36. The number of hydrogen-bond acceptors (Lipinski definition) is 3. The SMILES string of the molecule is CC1CC(C)CN(C(=O)CN(C)C(C)C(=O)O)C1. The molecule has 5 nitrogen and oxygen atoms in total. The minimum Gasteiger partial charge on any atom is -0.480 e. The topological polar surface area (TPSA) is 60.9 Å². The van der Waals surface area contributed by atoms with E-state index >= 15 is 0 Å². The molecule has 1 heterocycles. The lowest BCUT2D eigenvalue weighted by molar-refractivity contribution is -0.143. The van der Waals surface area contributed by atoms with Crippen molar-refractivity contribution in [2.24, 2.45) is 11.8 Å². The van der Waals surface area contributed by atoms with Crippen LogP contribution in [0.2, 0.25) is 0 Å². The monoisotopic (exact) mass is 256 g/mol. The number of rotatable bonds is 4. The van der Waals surface area contributed by atoms with Crippen molar-refractivity contribution in [3.05, 3.63) is 0 Å². The van der Waals surface area contributed by atoms with Gasteiger partial charge in [0, 0.05) is 13.1 Å². The molecule has 0 spiro atoms. The third-order valence-electron chi connectivity index (χ3n) is 3.62. The molecule has 1 aliphatic rings. The molecular weight excluding hydrogens is 232 g/mol. The van der Waals surface area contributed by atoms with Gasteiger partial charge in [-0.05, 0) is 32.2 Å². The van der Waals surface area contributed by atoms with E-state index in [0.29, 0.717) is 11.8 Å². The highest BCUT2D eigenvalue weighted by atomic mass is 16.4. The van der Waals surface area contributed by atoms with Crippen molar-refractivity contribution in [2.45, 2.75) is 33.2 Å². The first-order valence-corrected chi connectivity index (χ1v) is 6.52. The van der Waals surface area contributed by atoms with Crippen LogP contribution in [0.5, 0.6) is 0 Å². The predicted octanol–water partition coefficient (Wildman–Crippen LogP) is 0.896. The molecule has 3 unspecified atom stereocenters. The summed E-state index contributed by atoms with van der Waals surface area (Å²) in [6.07, 6.45) is 1.16. The van der Waals surface area contributed by atoms with E-state index in [9.17, 15) is 9.59 Å². The summed E-state index contributed by atoms with van der Waals surface area (Å²) < 4.78 is 0. The molecule has 1 saturated heterocycles. The maximum Gasteiger partial charge on any atom is 0.320 e. The molecule has 0 saturated carbocycles. The summed E-state index contributed by atoms with van der Waals surface area (Å²) in [6.45, 7) is 7.65. The average Bonchev–Trinajstić information content (AvgIpc) is 2.26. The van der Waals surface area contributed by atoms with Gasteiger partial charge in [-0.2, -0.15) is 0 Å². The molecule has 1 N–H and O–H groups in total. The van der Waals surface area contributed by atoms with Crippen molar-refractivity contribution >= 4 is 11.9 Å². The number of carboxylic acids is 1. The molecule has 0 bridgehead atoms. The number of carboxylic acid groups (broad SMARTS) is 1. The first-order valence-electron chi connectivity index (χ1n) is 6.52. The number of likely N-dealkylation sites (N-methyl/N-ethyl adjacent to an activating group) is 1. The van der Waals surface area contributed by atoms with Crippen LogP contribution < -0.4 is 0 Å². The standard InChI is InChI=1S/C13H24N2O3/c1-9-5-10(2)7-15(6-9)12(16)8-14(4)11(3)13(17)18/h9-11H,5-8H2,1-4H3,(H,17,18). The van der Waals surface area contributed by atoms with Crippen molar-refractivity contribution in [3.8, 4) is 0 Å². The van der Waals surface area contributed by atoms with Crippen molar-refractivity contribution in [3.63, 3.8) is 0 Å². The van der Waals surface area contributed by atoms with Gasteiger partial charge in [0.25, 0.3) is 0 Å². The van der Waals surface area contributed by atoms with Crippen molar-refractivity contribution in [1.29, 1.82) is 0 Å². The van der Waals surface area contributed by atoms with Gasteiger partial charge in [-0.15, -0.1) is 0 Å². The molecule has 1 fully saturated rings. The second-order valence-corrected chi connectivity index (χ2v) is 5.67. The highest BCUT2D eigenvalue weighted by Crippen LogP contribution is 2.21. The molecular formula is C13H24N2O3. The lowest BCUT2D eigenvalue weighted by atomic mass is 9.92. The minimum absolute atomic E-state index is 0.0315. The molecule has 5 heteroatoms. The Bertz CT molecular complexity index is 309. The number of aliphatic carboxylic acids is 1. The van der Waals surface area contributed by atoms with Gasteiger partial charge in [0.1, 0.15) is 6.04 Å². The molecule has 0 aliphatic carbocycles. The summed E-state index contributed by atoms with van der Waals surface area (Å²) in [5.41, 5.74) is 0. The van der Waals surface area contributed by atoms with Crippen LogP contribution in [-0.4, -0.2) is 59.5 Å². The maximum atomic E-state index is 12.1. The van der Waals surface area contributed by atoms with Gasteiger partial charge in [0.05, 0.1) is 6.54 Å². The molecule has 3 atom stereocenters. The van der Waals surface area contributed by atoms with Crippen LogP contribution in [0, 0.1) is 11.8 Å². The quantitative estimate of drug-likeness (QED) is 0.811. The number of piperidine rings is 1. The molecule has 0 radical (unpaired) electrons. The molecule has 1 rings (SSSR count). The maximum absolute atomic E-state index is 12.1. The first kappa shape index (κ1) is 15.0. The van der Waals surface area contributed by atoms with Gasteiger partial charge in [-0.25, -0.2) is 0 Å². The zero-order chi connectivity index (χ0) is 13.9. The van der Waals surface area contributed by atoms with Crippen LogP contribution in [0.3, 0.4) is 0 Å². The number of nitrogens with zero attached hydrogens (tertiary/aromatic N) is 2. The van der Waals surface area contributed by atoms with Gasteiger partial charge in [0.2, 0.25) is 5.91 Å². The Morgan fingerprint density at radius 1 is 1.33 bits per heavy atom.